The van der Waals surface area contributed by atoms with Gasteiger partial charge in [-0.3, -0.25) is 10.1 Å². The van der Waals surface area contributed by atoms with E-state index in [1.807, 2.05) is 0 Å². The molecular formula is C14H21N3O4S. The molecule has 8 heteroatoms. The van der Waals surface area contributed by atoms with Crippen molar-refractivity contribution < 1.29 is 13.3 Å². The van der Waals surface area contributed by atoms with Gasteiger partial charge in [-0.15, -0.1) is 0 Å². The Morgan fingerprint density at radius 2 is 2.09 bits per heavy atom. The van der Waals surface area contributed by atoms with Gasteiger partial charge in [0.25, 0.3) is 5.69 Å². The van der Waals surface area contributed by atoms with E-state index in [0.717, 1.165) is 18.9 Å². The van der Waals surface area contributed by atoms with Gasteiger partial charge in [-0.2, -0.15) is 4.31 Å². The number of piperidine rings is 1. The zero-order chi connectivity index (χ0) is 16.5. The minimum absolute atomic E-state index is 0.0441. The molecule has 7 nitrogen and oxygen atoms in total. The molecule has 22 heavy (non-hydrogen) atoms. The monoisotopic (exact) mass is 327 g/mol. The van der Waals surface area contributed by atoms with E-state index < -0.39 is 14.9 Å². The highest BCUT2D eigenvalue weighted by atomic mass is 32.2. The Balaban J connectivity index is 2.45. The molecule has 122 valence electrons. The zero-order valence-electron chi connectivity index (χ0n) is 12.7. The molecule has 1 fully saturated rings. The fourth-order valence-electron chi connectivity index (χ4n) is 2.84. The Hall–Kier alpha value is -1.51. The van der Waals surface area contributed by atoms with E-state index in [2.05, 4.69) is 0 Å². The maximum atomic E-state index is 12.8. The van der Waals surface area contributed by atoms with Gasteiger partial charge in [0.1, 0.15) is 0 Å². The number of nitro groups is 1. The number of hydrogen-bond acceptors (Lipinski definition) is 5. The lowest BCUT2D eigenvalue weighted by Gasteiger charge is -2.36. The van der Waals surface area contributed by atoms with Gasteiger partial charge in [0, 0.05) is 30.3 Å². The van der Waals surface area contributed by atoms with Crippen LogP contribution >= 0.6 is 0 Å². The van der Waals surface area contributed by atoms with Crippen molar-refractivity contribution in [1.29, 1.82) is 0 Å². The molecule has 0 amide bonds. The van der Waals surface area contributed by atoms with Gasteiger partial charge in [0.15, 0.2) is 0 Å². The van der Waals surface area contributed by atoms with Gasteiger partial charge in [-0.1, -0.05) is 12.5 Å². The summed E-state index contributed by atoms with van der Waals surface area (Å²) in [7, 11) is -3.78. The molecule has 1 saturated heterocycles. The summed E-state index contributed by atoms with van der Waals surface area (Å²) in [5, 5.41) is 11.0. The van der Waals surface area contributed by atoms with Crippen LogP contribution in [0.1, 0.15) is 31.7 Å². The quantitative estimate of drug-likeness (QED) is 0.670. The summed E-state index contributed by atoms with van der Waals surface area (Å²) in [6.07, 6.45) is 2.42. The second-order valence-corrected chi connectivity index (χ2v) is 7.63. The van der Waals surface area contributed by atoms with Crippen molar-refractivity contribution in [1.82, 2.24) is 4.31 Å². The molecule has 0 aromatic heterocycles. The van der Waals surface area contributed by atoms with Crippen LogP contribution in [0.2, 0.25) is 0 Å². The van der Waals surface area contributed by atoms with E-state index in [4.69, 9.17) is 5.73 Å². The lowest BCUT2D eigenvalue weighted by molar-refractivity contribution is -0.385. The lowest BCUT2D eigenvalue weighted by atomic mass is 10.00. The van der Waals surface area contributed by atoms with E-state index in [-0.39, 0.29) is 22.7 Å². The van der Waals surface area contributed by atoms with E-state index >= 15 is 0 Å². The molecule has 1 aliphatic heterocycles. The largest absolute Gasteiger partial charge is 0.326 e. The molecule has 1 heterocycles. The van der Waals surface area contributed by atoms with Crippen LogP contribution in [0.3, 0.4) is 0 Å². The first-order chi connectivity index (χ1) is 10.2. The van der Waals surface area contributed by atoms with Crippen LogP contribution in [0.25, 0.3) is 0 Å². The fourth-order valence-corrected chi connectivity index (χ4v) is 4.63. The number of nitrogens with zero attached hydrogens (tertiary/aromatic N) is 2. The Bertz CT molecular complexity index is 673. The minimum Gasteiger partial charge on any atom is -0.326 e. The lowest BCUT2D eigenvalue weighted by Crippen LogP contribution is -2.51. The molecule has 1 aromatic carbocycles. The van der Waals surface area contributed by atoms with Crippen LogP contribution in [0.5, 0.6) is 0 Å². The van der Waals surface area contributed by atoms with E-state index in [0.29, 0.717) is 18.5 Å². The van der Waals surface area contributed by atoms with Crippen molar-refractivity contribution in [3.05, 3.63) is 33.9 Å². The molecule has 1 aromatic rings. The summed E-state index contributed by atoms with van der Waals surface area (Å²) in [5.74, 6) is 0. The minimum atomic E-state index is -3.78. The summed E-state index contributed by atoms with van der Waals surface area (Å²) >= 11 is 0. The molecule has 2 atom stereocenters. The predicted octanol–water partition coefficient (Wildman–Crippen LogP) is 1.79. The maximum absolute atomic E-state index is 12.8. The summed E-state index contributed by atoms with van der Waals surface area (Å²) in [4.78, 5) is 10.4. The number of nitrogens with two attached hydrogens (primary N) is 1. The molecule has 0 aliphatic carbocycles. The Labute approximate surface area is 130 Å². The molecule has 0 radical (unpaired) electrons. The SMILES string of the molecule is Cc1ccc(S(=O)(=O)N2CCCCC2C(C)N)cc1[N+](=O)[O-]. The summed E-state index contributed by atoms with van der Waals surface area (Å²) in [6.45, 7) is 3.77. The van der Waals surface area contributed by atoms with Gasteiger partial charge in [0.05, 0.1) is 9.82 Å². The maximum Gasteiger partial charge on any atom is 0.273 e. The topological polar surface area (TPSA) is 107 Å². The molecule has 0 bridgehead atoms. The van der Waals surface area contributed by atoms with Crippen LogP contribution in [0.4, 0.5) is 5.69 Å². The number of rotatable bonds is 4. The third-order valence-electron chi connectivity index (χ3n) is 4.09. The number of aryl methyl sites for hydroxylation is 1. The first-order valence-electron chi connectivity index (χ1n) is 7.27. The highest BCUT2D eigenvalue weighted by Gasteiger charge is 2.36. The highest BCUT2D eigenvalue weighted by molar-refractivity contribution is 7.89. The first kappa shape index (κ1) is 16.9. The second-order valence-electron chi connectivity index (χ2n) is 5.74. The number of nitro benzene ring substituents is 1. The van der Waals surface area contributed by atoms with Crippen molar-refractivity contribution in [3.8, 4) is 0 Å². The van der Waals surface area contributed by atoms with Crippen molar-refractivity contribution in [3.63, 3.8) is 0 Å². The summed E-state index contributed by atoms with van der Waals surface area (Å²) < 4.78 is 27.1. The molecule has 2 N–H and O–H groups in total. The van der Waals surface area contributed by atoms with Crippen LogP contribution in [-0.4, -0.2) is 36.3 Å². The molecule has 2 rings (SSSR count). The zero-order valence-corrected chi connectivity index (χ0v) is 13.5. The summed E-state index contributed by atoms with van der Waals surface area (Å²) in [6, 6.07) is 3.48. The normalized spacial score (nSPS) is 21.5. The van der Waals surface area contributed by atoms with E-state index in [9.17, 15) is 18.5 Å². The first-order valence-corrected chi connectivity index (χ1v) is 8.71. The standard InChI is InChI=1S/C14H21N3O4S/c1-10-6-7-12(9-14(10)17(18)19)22(20,21)16-8-4-3-5-13(16)11(2)15/h6-7,9,11,13H,3-5,8,15H2,1-2H3. The van der Waals surface area contributed by atoms with Crippen LogP contribution in [0, 0.1) is 17.0 Å². The molecule has 0 spiro atoms. The van der Waals surface area contributed by atoms with Crippen molar-refractivity contribution in [2.24, 2.45) is 5.73 Å². The number of sulfonamides is 1. The van der Waals surface area contributed by atoms with Gasteiger partial charge in [-0.25, -0.2) is 8.42 Å². The number of benzene rings is 1. The molecule has 1 aliphatic rings. The summed E-state index contributed by atoms with van der Waals surface area (Å²) in [5.41, 5.74) is 6.17. The van der Waals surface area contributed by atoms with Crippen molar-refractivity contribution in [2.45, 2.75) is 50.1 Å². The van der Waals surface area contributed by atoms with Crippen LogP contribution < -0.4 is 5.73 Å². The van der Waals surface area contributed by atoms with Crippen LogP contribution in [-0.2, 0) is 10.0 Å². The predicted molar refractivity (Wildman–Crippen MR) is 83.0 cm³/mol. The smallest absolute Gasteiger partial charge is 0.273 e. The Morgan fingerprint density at radius 3 is 2.68 bits per heavy atom. The average molecular weight is 327 g/mol. The van der Waals surface area contributed by atoms with Crippen LogP contribution in [0.15, 0.2) is 23.1 Å². The molecular weight excluding hydrogens is 306 g/mol. The van der Waals surface area contributed by atoms with E-state index in [1.54, 1.807) is 13.8 Å². The third kappa shape index (κ3) is 3.13. The van der Waals surface area contributed by atoms with Gasteiger partial charge in [-0.05, 0) is 32.8 Å². The highest BCUT2D eigenvalue weighted by Crippen LogP contribution is 2.29. The third-order valence-corrected chi connectivity index (χ3v) is 6.01. The number of hydrogen-bond donors (Lipinski definition) is 1. The molecule has 0 saturated carbocycles. The van der Waals surface area contributed by atoms with E-state index in [1.165, 1.54) is 16.4 Å². The second kappa shape index (κ2) is 6.31. The average Bonchev–Trinajstić information content (AvgIpc) is 2.47. The van der Waals surface area contributed by atoms with Crippen molar-refractivity contribution >= 4 is 15.7 Å². The molecule has 2 unspecified atom stereocenters. The van der Waals surface area contributed by atoms with Gasteiger partial charge in [0.2, 0.25) is 10.0 Å². The Kier molecular flexibility index (Phi) is 4.84. The van der Waals surface area contributed by atoms with Crippen molar-refractivity contribution in [2.75, 3.05) is 6.54 Å². The Morgan fingerprint density at radius 1 is 1.41 bits per heavy atom. The van der Waals surface area contributed by atoms with Gasteiger partial charge >= 0.3 is 0 Å². The fraction of sp³-hybridized carbons (Fsp3) is 0.571. The van der Waals surface area contributed by atoms with Gasteiger partial charge < -0.3 is 5.73 Å².